The molecule has 0 radical (unpaired) electrons. The van der Waals surface area contributed by atoms with Crippen molar-refractivity contribution in [2.24, 2.45) is 0 Å². The number of fused-ring (bicyclic) bond motifs is 1. The number of aromatic nitrogens is 2. The zero-order valence-electron chi connectivity index (χ0n) is 11.2. The standard InChI is InChI=1S/C8H6N2O.C4H10.C2H6/c11-8-6-3-1-2-4-7(6)9-5-10-8;1-3-4-2;1-2/h1-5H,(H,9,10,11);3-4H2,1-2H3;1-2H3. The summed E-state index contributed by atoms with van der Waals surface area (Å²) in [5, 5.41) is 0.634. The molecule has 0 amide bonds. The molecule has 0 saturated heterocycles. The Hall–Kier alpha value is -1.64. The molecule has 1 aromatic heterocycles. The summed E-state index contributed by atoms with van der Waals surface area (Å²) in [5.74, 6) is 0. The molecule has 2 aromatic rings. The fourth-order valence-electron chi connectivity index (χ4n) is 1.02. The minimum Gasteiger partial charge on any atom is -0.313 e. The number of nitrogens with one attached hydrogen (secondary N) is 1. The maximum absolute atomic E-state index is 11.1. The van der Waals surface area contributed by atoms with Crippen molar-refractivity contribution >= 4 is 10.9 Å². The van der Waals surface area contributed by atoms with E-state index in [2.05, 4.69) is 23.8 Å². The van der Waals surface area contributed by atoms with Crippen molar-refractivity contribution in [2.75, 3.05) is 0 Å². The van der Waals surface area contributed by atoms with Gasteiger partial charge >= 0.3 is 0 Å². The Morgan fingerprint density at radius 2 is 1.71 bits per heavy atom. The fourth-order valence-corrected chi connectivity index (χ4v) is 1.02. The number of hydrogen-bond acceptors (Lipinski definition) is 2. The molecule has 2 rings (SSSR count). The van der Waals surface area contributed by atoms with Crippen LogP contribution in [0.5, 0.6) is 0 Å². The summed E-state index contributed by atoms with van der Waals surface area (Å²) in [5.41, 5.74) is 0.645. The molecular weight excluding hydrogens is 212 g/mol. The molecule has 0 aliphatic heterocycles. The summed E-state index contributed by atoms with van der Waals surface area (Å²) in [7, 11) is 0. The Labute approximate surface area is 103 Å². The number of H-pyrrole nitrogens is 1. The maximum Gasteiger partial charge on any atom is 0.258 e. The van der Waals surface area contributed by atoms with Gasteiger partial charge in [0, 0.05) is 0 Å². The third kappa shape index (κ3) is 5.29. The molecule has 0 aliphatic carbocycles. The van der Waals surface area contributed by atoms with Crippen LogP contribution in [0.2, 0.25) is 0 Å². The molecule has 0 saturated carbocycles. The number of nitrogens with zero attached hydrogens (tertiary/aromatic N) is 1. The lowest BCUT2D eigenvalue weighted by molar-refractivity contribution is 0.886. The Morgan fingerprint density at radius 3 is 2.24 bits per heavy atom. The average Bonchev–Trinajstić information content (AvgIpc) is 2.42. The molecule has 0 atom stereocenters. The largest absolute Gasteiger partial charge is 0.313 e. The van der Waals surface area contributed by atoms with E-state index in [0.717, 1.165) is 5.52 Å². The molecular formula is C14H22N2O. The minimum absolute atomic E-state index is 0.0874. The Morgan fingerprint density at radius 1 is 1.12 bits per heavy atom. The number of benzene rings is 1. The van der Waals surface area contributed by atoms with Gasteiger partial charge in [-0.25, -0.2) is 4.98 Å². The highest BCUT2D eigenvalue weighted by molar-refractivity contribution is 5.76. The van der Waals surface area contributed by atoms with Crippen LogP contribution in [0.4, 0.5) is 0 Å². The van der Waals surface area contributed by atoms with Gasteiger partial charge in [-0.2, -0.15) is 0 Å². The van der Waals surface area contributed by atoms with E-state index in [1.54, 1.807) is 6.07 Å². The smallest absolute Gasteiger partial charge is 0.258 e. The second kappa shape index (κ2) is 9.58. The minimum atomic E-state index is -0.0874. The first-order valence-corrected chi connectivity index (χ1v) is 6.22. The van der Waals surface area contributed by atoms with Crippen molar-refractivity contribution < 1.29 is 0 Å². The first-order chi connectivity index (χ1) is 8.29. The van der Waals surface area contributed by atoms with Gasteiger partial charge in [-0.15, -0.1) is 0 Å². The summed E-state index contributed by atoms with van der Waals surface area (Å²) >= 11 is 0. The summed E-state index contributed by atoms with van der Waals surface area (Å²) in [4.78, 5) is 17.6. The summed E-state index contributed by atoms with van der Waals surface area (Å²) in [6.45, 7) is 8.36. The van der Waals surface area contributed by atoms with Gasteiger partial charge in [0.15, 0.2) is 0 Å². The number of aromatic amines is 1. The van der Waals surface area contributed by atoms with Crippen molar-refractivity contribution in [3.05, 3.63) is 40.9 Å². The van der Waals surface area contributed by atoms with Gasteiger partial charge in [-0.3, -0.25) is 4.79 Å². The monoisotopic (exact) mass is 234 g/mol. The highest BCUT2D eigenvalue weighted by Gasteiger charge is 1.94. The Bertz CT molecular complexity index is 455. The quantitative estimate of drug-likeness (QED) is 0.816. The summed E-state index contributed by atoms with van der Waals surface area (Å²) in [6.07, 6.45) is 4.05. The molecule has 0 fully saturated rings. The van der Waals surface area contributed by atoms with Crippen molar-refractivity contribution in [2.45, 2.75) is 40.5 Å². The van der Waals surface area contributed by atoms with Gasteiger partial charge in [-0.05, 0) is 12.1 Å². The lowest BCUT2D eigenvalue weighted by Crippen LogP contribution is -2.05. The highest BCUT2D eigenvalue weighted by Crippen LogP contribution is 2.02. The summed E-state index contributed by atoms with van der Waals surface area (Å²) in [6, 6.07) is 7.24. The number of hydrogen-bond donors (Lipinski definition) is 1. The van der Waals surface area contributed by atoms with Gasteiger partial charge in [0.05, 0.1) is 17.2 Å². The Kier molecular flexibility index (Phi) is 8.65. The van der Waals surface area contributed by atoms with Crippen LogP contribution in [-0.2, 0) is 0 Å². The molecule has 3 heteroatoms. The van der Waals surface area contributed by atoms with Crippen LogP contribution in [0.1, 0.15) is 40.5 Å². The van der Waals surface area contributed by atoms with E-state index < -0.39 is 0 Å². The van der Waals surface area contributed by atoms with Gasteiger partial charge < -0.3 is 4.98 Å². The topological polar surface area (TPSA) is 45.8 Å². The van der Waals surface area contributed by atoms with E-state index in [-0.39, 0.29) is 5.56 Å². The second-order valence-electron chi connectivity index (χ2n) is 3.25. The molecule has 0 spiro atoms. The van der Waals surface area contributed by atoms with E-state index in [1.807, 2.05) is 32.0 Å². The third-order valence-electron chi connectivity index (χ3n) is 2.05. The fraction of sp³-hybridized carbons (Fsp3) is 0.429. The normalized spacial score (nSPS) is 8.71. The van der Waals surface area contributed by atoms with Crippen LogP contribution >= 0.6 is 0 Å². The van der Waals surface area contributed by atoms with Crippen molar-refractivity contribution in [3.8, 4) is 0 Å². The molecule has 17 heavy (non-hydrogen) atoms. The SMILES string of the molecule is CC.CCCC.O=c1[nH]cnc2ccccc12. The molecule has 1 N–H and O–H groups in total. The van der Waals surface area contributed by atoms with Crippen molar-refractivity contribution in [1.29, 1.82) is 0 Å². The van der Waals surface area contributed by atoms with Crippen LogP contribution in [0.25, 0.3) is 10.9 Å². The maximum atomic E-state index is 11.1. The first-order valence-electron chi connectivity index (χ1n) is 6.22. The predicted octanol–water partition coefficient (Wildman–Crippen LogP) is 3.76. The Balaban J connectivity index is 0.000000368. The van der Waals surface area contributed by atoms with Crippen LogP contribution in [0.3, 0.4) is 0 Å². The molecule has 1 heterocycles. The van der Waals surface area contributed by atoms with Crippen molar-refractivity contribution in [1.82, 2.24) is 9.97 Å². The molecule has 0 unspecified atom stereocenters. The first kappa shape index (κ1) is 15.4. The van der Waals surface area contributed by atoms with Crippen LogP contribution in [0.15, 0.2) is 35.4 Å². The molecule has 3 nitrogen and oxygen atoms in total. The van der Waals surface area contributed by atoms with Gasteiger partial charge in [0.25, 0.3) is 5.56 Å². The van der Waals surface area contributed by atoms with E-state index in [4.69, 9.17) is 0 Å². The zero-order chi connectivity index (χ0) is 13.1. The van der Waals surface area contributed by atoms with Crippen LogP contribution in [0, 0.1) is 0 Å². The van der Waals surface area contributed by atoms with Gasteiger partial charge in [0.1, 0.15) is 0 Å². The highest BCUT2D eigenvalue weighted by atomic mass is 16.1. The molecule has 1 aromatic carbocycles. The van der Waals surface area contributed by atoms with Gasteiger partial charge in [-0.1, -0.05) is 52.7 Å². The molecule has 0 bridgehead atoms. The van der Waals surface area contributed by atoms with E-state index >= 15 is 0 Å². The number of unbranched alkanes of at least 4 members (excludes halogenated alkanes) is 1. The lowest BCUT2D eigenvalue weighted by atomic mass is 10.2. The van der Waals surface area contributed by atoms with Crippen molar-refractivity contribution in [3.63, 3.8) is 0 Å². The third-order valence-corrected chi connectivity index (χ3v) is 2.05. The van der Waals surface area contributed by atoms with Crippen LogP contribution < -0.4 is 5.56 Å². The van der Waals surface area contributed by atoms with E-state index in [9.17, 15) is 4.79 Å². The molecule has 0 aliphatic rings. The zero-order valence-corrected chi connectivity index (χ0v) is 11.2. The summed E-state index contributed by atoms with van der Waals surface area (Å²) < 4.78 is 0. The second-order valence-corrected chi connectivity index (χ2v) is 3.25. The predicted molar refractivity (Wildman–Crippen MR) is 74.3 cm³/mol. The number of para-hydroxylation sites is 1. The van der Waals surface area contributed by atoms with Gasteiger partial charge in [0.2, 0.25) is 0 Å². The number of rotatable bonds is 1. The molecule has 94 valence electrons. The average molecular weight is 234 g/mol. The van der Waals surface area contributed by atoms with E-state index in [1.165, 1.54) is 19.2 Å². The van der Waals surface area contributed by atoms with Crippen LogP contribution in [-0.4, -0.2) is 9.97 Å². The van der Waals surface area contributed by atoms with E-state index in [0.29, 0.717) is 5.39 Å². The lowest BCUT2D eigenvalue weighted by Gasteiger charge is -1.91.